The molecule has 0 saturated carbocycles. The number of rotatable bonds is 9. The van der Waals surface area contributed by atoms with E-state index in [9.17, 15) is 14.7 Å². The molecular weight excluding hydrogens is 580 g/mol. The molecule has 6 nitrogen and oxygen atoms in total. The molecular formula is C30H30Cl2N3NiO3-. The average molecular weight is 610 g/mol. The molecule has 3 aromatic rings. The third-order valence-corrected chi connectivity index (χ3v) is 7.51. The van der Waals surface area contributed by atoms with Crippen LogP contribution in [0.3, 0.4) is 0 Å². The molecule has 0 aliphatic carbocycles. The van der Waals surface area contributed by atoms with Gasteiger partial charge in [0.25, 0.3) is 0 Å². The predicted molar refractivity (Wildman–Crippen MR) is 153 cm³/mol. The fourth-order valence-electron chi connectivity index (χ4n) is 4.93. The summed E-state index contributed by atoms with van der Waals surface area (Å²) < 4.78 is 0. The number of carbonyl (C=O) groups is 2. The van der Waals surface area contributed by atoms with Crippen molar-refractivity contribution >= 4 is 46.5 Å². The zero-order valence-corrected chi connectivity index (χ0v) is 24.2. The number of halogens is 2. The van der Waals surface area contributed by atoms with Crippen LogP contribution in [-0.2, 0) is 26.1 Å². The molecule has 0 unspecified atom stereocenters. The van der Waals surface area contributed by atoms with Gasteiger partial charge in [-0.15, -0.1) is 5.69 Å². The van der Waals surface area contributed by atoms with Gasteiger partial charge in [0.1, 0.15) is 0 Å². The molecule has 2 atom stereocenters. The Morgan fingerprint density at radius 2 is 1.72 bits per heavy atom. The van der Waals surface area contributed by atoms with Crippen LogP contribution in [0.4, 0.5) is 5.69 Å². The van der Waals surface area contributed by atoms with E-state index in [-0.39, 0.29) is 28.8 Å². The van der Waals surface area contributed by atoms with Gasteiger partial charge in [0, 0.05) is 32.1 Å². The number of amides is 1. The number of carboxylic acid groups (broad SMARTS) is 1. The number of carbonyl (C=O) groups excluding carboxylic acids is 1. The molecule has 0 aromatic heterocycles. The van der Waals surface area contributed by atoms with Crippen LogP contribution in [0, 0.1) is 0 Å². The van der Waals surface area contributed by atoms with E-state index in [1.807, 2.05) is 44.2 Å². The van der Waals surface area contributed by atoms with Crippen LogP contribution in [0.5, 0.6) is 0 Å². The van der Waals surface area contributed by atoms with E-state index in [0.29, 0.717) is 32.6 Å². The number of carboxylic acids is 1. The molecule has 1 aliphatic rings. The number of likely N-dealkylation sites (tertiary alicyclic amines) is 1. The first-order chi connectivity index (χ1) is 18.2. The van der Waals surface area contributed by atoms with Crippen molar-refractivity contribution in [3.8, 4) is 0 Å². The first kappa shape index (κ1) is 30.8. The quantitative estimate of drug-likeness (QED) is 0.202. The maximum Gasteiger partial charge on any atom is 0.305 e. The number of likely N-dealkylation sites (N-methyl/N-ethyl adjacent to an activating group) is 1. The summed E-state index contributed by atoms with van der Waals surface area (Å²) >= 11 is 12.5. The summed E-state index contributed by atoms with van der Waals surface area (Å²) in [5, 5.41) is 15.3. The number of aliphatic carboxylic acids is 1. The summed E-state index contributed by atoms with van der Waals surface area (Å²) in [6.07, 6.45) is 1.45. The number of nitrogens with zero attached hydrogens (tertiary/aromatic N) is 3. The minimum Gasteiger partial charge on any atom is -0.625 e. The van der Waals surface area contributed by atoms with Gasteiger partial charge in [0.15, 0.2) is 0 Å². The summed E-state index contributed by atoms with van der Waals surface area (Å²) in [5.74, 6) is -1.20. The molecule has 1 heterocycles. The SMILES string of the molecule is CCN1CCC[C@]1(C)C(=O)[N-]c1ccc(Cl)cc1C(=N[C@@H](CC(=O)O)c1ccc(Cl)cc1)c1ccccc1.[Ni]. The maximum absolute atomic E-state index is 13.6. The van der Waals surface area contributed by atoms with Crippen molar-refractivity contribution in [2.75, 3.05) is 13.1 Å². The number of hydrogen-bond acceptors (Lipinski definition) is 4. The van der Waals surface area contributed by atoms with Gasteiger partial charge in [-0.3, -0.25) is 14.7 Å². The van der Waals surface area contributed by atoms with Crippen LogP contribution in [-0.4, -0.2) is 46.2 Å². The fraction of sp³-hybridized carbons (Fsp3) is 0.300. The molecule has 0 spiro atoms. The molecule has 0 bridgehead atoms. The third-order valence-electron chi connectivity index (χ3n) is 7.02. The van der Waals surface area contributed by atoms with Gasteiger partial charge in [-0.2, -0.15) is 0 Å². The Bertz CT molecular complexity index is 1340. The molecule has 1 saturated heterocycles. The Labute approximate surface area is 249 Å². The molecule has 3 aromatic carbocycles. The Morgan fingerprint density at radius 1 is 1.05 bits per heavy atom. The fourth-order valence-corrected chi connectivity index (χ4v) is 5.23. The average Bonchev–Trinajstić information content (AvgIpc) is 3.30. The van der Waals surface area contributed by atoms with Crippen molar-refractivity contribution in [1.29, 1.82) is 0 Å². The van der Waals surface area contributed by atoms with Crippen LogP contribution in [0.2, 0.25) is 10.0 Å². The van der Waals surface area contributed by atoms with Gasteiger partial charge in [0.05, 0.1) is 29.6 Å². The first-order valence-electron chi connectivity index (χ1n) is 12.6. The summed E-state index contributed by atoms with van der Waals surface area (Å²) in [6.45, 7) is 5.61. The molecule has 39 heavy (non-hydrogen) atoms. The molecule has 9 heteroatoms. The second kappa shape index (κ2) is 13.6. The monoisotopic (exact) mass is 608 g/mol. The van der Waals surface area contributed by atoms with Crippen molar-refractivity contribution in [2.45, 2.75) is 44.7 Å². The normalized spacial score (nSPS) is 18.3. The molecule has 1 fully saturated rings. The Balaban J connectivity index is 0.00000420. The first-order valence-corrected chi connectivity index (χ1v) is 13.4. The van der Waals surface area contributed by atoms with E-state index in [4.69, 9.17) is 28.2 Å². The van der Waals surface area contributed by atoms with E-state index in [0.717, 1.165) is 31.5 Å². The zero-order chi connectivity index (χ0) is 27.3. The summed E-state index contributed by atoms with van der Waals surface area (Å²) in [6, 6.07) is 20.8. The largest absolute Gasteiger partial charge is 0.625 e. The van der Waals surface area contributed by atoms with Crippen molar-refractivity contribution in [3.63, 3.8) is 0 Å². The molecule has 0 radical (unpaired) electrons. The molecule has 1 amide bonds. The Hall–Kier alpha value is -2.70. The van der Waals surface area contributed by atoms with Crippen LogP contribution in [0.1, 0.15) is 55.8 Å². The molecule has 1 N–H and O–H groups in total. The Morgan fingerprint density at radius 3 is 2.36 bits per heavy atom. The third kappa shape index (κ3) is 7.29. The van der Waals surface area contributed by atoms with E-state index in [1.165, 1.54) is 0 Å². The molecule has 4 rings (SSSR count). The van der Waals surface area contributed by atoms with E-state index in [1.54, 1.807) is 42.5 Å². The van der Waals surface area contributed by atoms with Gasteiger partial charge >= 0.3 is 5.97 Å². The minimum atomic E-state index is -0.985. The second-order valence-corrected chi connectivity index (χ2v) is 10.4. The summed E-state index contributed by atoms with van der Waals surface area (Å²) in [5.41, 5.74) is 2.29. The molecule has 1 aliphatic heterocycles. The van der Waals surface area contributed by atoms with Gasteiger partial charge in [-0.05, 0) is 68.2 Å². The van der Waals surface area contributed by atoms with Crippen LogP contribution in [0.15, 0.2) is 77.8 Å². The van der Waals surface area contributed by atoms with Crippen LogP contribution >= 0.6 is 23.2 Å². The summed E-state index contributed by atoms with van der Waals surface area (Å²) in [4.78, 5) is 32.5. The van der Waals surface area contributed by atoms with Crippen molar-refractivity contribution in [1.82, 2.24) is 4.90 Å². The smallest absolute Gasteiger partial charge is 0.305 e. The second-order valence-electron chi connectivity index (χ2n) is 9.54. The van der Waals surface area contributed by atoms with Crippen molar-refractivity contribution in [2.24, 2.45) is 4.99 Å². The maximum atomic E-state index is 13.6. The zero-order valence-electron chi connectivity index (χ0n) is 21.7. The molecule has 208 valence electrons. The van der Waals surface area contributed by atoms with Crippen LogP contribution < -0.4 is 0 Å². The summed E-state index contributed by atoms with van der Waals surface area (Å²) in [7, 11) is 0. The van der Waals surface area contributed by atoms with Gasteiger partial charge in [-0.25, -0.2) is 0 Å². The topological polar surface area (TPSA) is 84.1 Å². The van der Waals surface area contributed by atoms with Crippen molar-refractivity contribution in [3.05, 3.63) is 105 Å². The number of aliphatic imine (C=N–C) groups is 1. The number of benzene rings is 3. The Kier molecular flexibility index (Phi) is 10.7. The van der Waals surface area contributed by atoms with Crippen LogP contribution in [0.25, 0.3) is 5.32 Å². The van der Waals surface area contributed by atoms with E-state index >= 15 is 0 Å². The minimum absolute atomic E-state index is 0. The predicted octanol–water partition coefficient (Wildman–Crippen LogP) is 7.45. The van der Waals surface area contributed by atoms with Gasteiger partial charge in [-0.1, -0.05) is 78.7 Å². The number of hydrogen-bond donors (Lipinski definition) is 1. The van der Waals surface area contributed by atoms with E-state index in [2.05, 4.69) is 10.2 Å². The van der Waals surface area contributed by atoms with E-state index < -0.39 is 17.6 Å². The van der Waals surface area contributed by atoms with Crippen molar-refractivity contribution < 1.29 is 31.2 Å². The standard InChI is InChI=1S/C30H31Cl2N3O3.Ni/c1-3-35-17-7-16-30(35,2)29(38)34-25-15-14-23(32)18-24(25)28(21-8-5-4-6-9-21)33-26(19-27(36)37)20-10-12-22(31)13-11-20;/h4-6,8-15,18,26H,3,7,16-17,19H2,1-2H3,(H2,33,34,36,37,38);/p-1/t26-,30+;/m0./s1. The van der Waals surface area contributed by atoms with Gasteiger partial charge in [0.2, 0.25) is 0 Å². The van der Waals surface area contributed by atoms with Gasteiger partial charge < -0.3 is 15.2 Å².